The molecule has 7 atom stereocenters. The van der Waals surface area contributed by atoms with Crippen molar-refractivity contribution in [3.63, 3.8) is 0 Å². The van der Waals surface area contributed by atoms with Gasteiger partial charge in [0, 0.05) is 26.2 Å². The maximum Gasteiger partial charge on any atom is 0.305 e. The van der Waals surface area contributed by atoms with Gasteiger partial charge in [-0.1, -0.05) is 33.3 Å². The number of H-pyrrole nitrogens is 1. The van der Waals surface area contributed by atoms with E-state index in [1.54, 1.807) is 42.1 Å². The molecule has 3 aromatic carbocycles. The maximum atomic E-state index is 14.0. The van der Waals surface area contributed by atoms with Crippen LogP contribution in [-0.2, 0) is 14.4 Å². The number of nitrogens with zero attached hydrogens (tertiary/aromatic N) is 1. The highest BCUT2D eigenvalue weighted by Gasteiger charge is 2.69. The fraction of sp³-hybridized carbons (Fsp3) is 0.294. The van der Waals surface area contributed by atoms with Crippen LogP contribution in [0.15, 0.2) is 81.0 Å². The summed E-state index contributed by atoms with van der Waals surface area (Å²) in [6.45, 7) is -0.261. The average Bonchev–Trinajstić information content (AvgIpc) is 3.80. The molecule has 6 unspecified atom stereocenters. The van der Waals surface area contributed by atoms with Crippen LogP contribution in [0.4, 0.5) is 11.4 Å². The largest absolute Gasteiger partial charge is 0.508 e. The normalized spacial score (nSPS) is 26.9. The molecule has 8 rings (SSSR count). The average molecular weight is 735 g/mol. The number of aromatic amines is 1. The lowest BCUT2D eigenvalue weighted by atomic mass is 9.68. The molecule has 2 aliphatic carbocycles. The fourth-order valence-corrected chi connectivity index (χ4v) is 11.3. The van der Waals surface area contributed by atoms with Crippen molar-refractivity contribution in [2.75, 3.05) is 23.9 Å². The first-order valence-electron chi connectivity index (χ1n) is 15.1. The van der Waals surface area contributed by atoms with E-state index in [9.17, 15) is 24.3 Å². The second-order valence-electron chi connectivity index (χ2n) is 12.2. The van der Waals surface area contributed by atoms with E-state index >= 15 is 0 Å². The predicted octanol–water partition coefficient (Wildman–Crippen LogP) is 5.61. The molecular formula is C34H28BrN3O7S2. The number of imide groups is 1. The van der Waals surface area contributed by atoms with Crippen LogP contribution < -0.4 is 24.6 Å². The Labute approximate surface area is 285 Å². The number of carbonyl (C=O) groups excluding carboxylic acids is 3. The van der Waals surface area contributed by atoms with Crippen molar-refractivity contribution in [1.29, 1.82) is 0 Å². The molecule has 3 fully saturated rings. The fourth-order valence-electron chi connectivity index (χ4n) is 8.12. The zero-order valence-corrected chi connectivity index (χ0v) is 28.1. The topological polar surface area (TPSA) is 138 Å². The van der Waals surface area contributed by atoms with Gasteiger partial charge in [-0.25, -0.2) is 0 Å². The van der Waals surface area contributed by atoms with E-state index in [-0.39, 0.29) is 69.8 Å². The number of rotatable bonds is 7. The Bertz CT molecular complexity index is 1980. The third-order valence-corrected chi connectivity index (χ3v) is 13.0. The standard InChI is InChI=1S/C34H28BrN3O7S2/c1-44-23-12-15(2-11-22(23)45-14-24(40)36-17-5-9-19(39)10-6-17)25-26-20-13-21(29(26)46-31-30(25)47-34(43)37-31)28-27(20)32(41)38(33(28)42)18-7-3-16(35)4-8-18/h2-12,20-21,25-29,39H,13-14H2,1H3,(H,36,40)(H,37,43)/t20?,21?,25-,26?,27?,28?,29?/m1/s1. The third-order valence-electron chi connectivity index (χ3n) is 9.87. The summed E-state index contributed by atoms with van der Waals surface area (Å²) in [7, 11) is 1.53. The van der Waals surface area contributed by atoms with E-state index in [0.717, 1.165) is 26.4 Å². The number of phenols is 1. The number of fused-ring (bicyclic) bond motifs is 9. The number of phenolic OH excluding ortho intramolecular Hbond substituents is 1. The van der Waals surface area contributed by atoms with Crippen LogP contribution in [0.5, 0.6) is 17.2 Å². The molecule has 3 amide bonds. The molecule has 13 heteroatoms. The number of methoxy groups -OCH3 is 1. The molecule has 1 saturated heterocycles. The maximum absolute atomic E-state index is 14.0. The number of aromatic hydroxyl groups is 1. The SMILES string of the molecule is COc1cc([C@H]2c3sc(=O)[nH]c3SC3C4CC(C5C(=O)N(c6ccc(Br)cc6)C(=O)C45)C32)ccc1OCC(=O)Nc1ccc(O)cc1. The first-order valence-corrected chi connectivity index (χ1v) is 17.6. The van der Waals surface area contributed by atoms with Crippen molar-refractivity contribution in [1.82, 2.24) is 4.98 Å². The first-order chi connectivity index (χ1) is 22.7. The van der Waals surface area contributed by atoms with Gasteiger partial charge in [0.25, 0.3) is 5.91 Å². The highest BCUT2D eigenvalue weighted by Crippen LogP contribution is 2.68. The second-order valence-corrected chi connectivity index (χ2v) is 15.4. The summed E-state index contributed by atoms with van der Waals surface area (Å²) in [5, 5.41) is 13.1. The predicted molar refractivity (Wildman–Crippen MR) is 180 cm³/mol. The molecular weight excluding hydrogens is 706 g/mol. The smallest absolute Gasteiger partial charge is 0.305 e. The van der Waals surface area contributed by atoms with Gasteiger partial charge in [0.05, 0.1) is 29.7 Å². The second kappa shape index (κ2) is 11.6. The van der Waals surface area contributed by atoms with E-state index < -0.39 is 5.92 Å². The monoisotopic (exact) mass is 733 g/mol. The van der Waals surface area contributed by atoms with Crippen molar-refractivity contribution >= 4 is 68.1 Å². The molecule has 2 saturated carbocycles. The van der Waals surface area contributed by atoms with Gasteiger partial charge < -0.3 is 24.9 Å². The summed E-state index contributed by atoms with van der Waals surface area (Å²) in [6, 6.07) is 19.0. The number of ether oxygens (including phenoxy) is 2. The van der Waals surface area contributed by atoms with Crippen LogP contribution in [0.25, 0.3) is 0 Å². The molecule has 240 valence electrons. The van der Waals surface area contributed by atoms with Crippen LogP contribution >= 0.6 is 39.0 Å². The van der Waals surface area contributed by atoms with Gasteiger partial charge in [0.15, 0.2) is 18.1 Å². The lowest BCUT2D eigenvalue weighted by Crippen LogP contribution is -2.42. The van der Waals surface area contributed by atoms with E-state index in [2.05, 4.69) is 26.2 Å². The molecule has 2 bridgehead atoms. The van der Waals surface area contributed by atoms with Gasteiger partial charge in [-0.3, -0.25) is 24.1 Å². The molecule has 3 heterocycles. The summed E-state index contributed by atoms with van der Waals surface area (Å²) in [4.78, 5) is 58.3. The number of benzene rings is 3. The molecule has 4 aliphatic rings. The van der Waals surface area contributed by atoms with Gasteiger partial charge in [0.1, 0.15) is 5.75 Å². The van der Waals surface area contributed by atoms with E-state index in [1.165, 1.54) is 35.5 Å². The number of hydrogen-bond acceptors (Lipinski definition) is 9. The number of thiazole rings is 1. The molecule has 0 spiro atoms. The minimum atomic E-state index is -0.408. The Kier molecular flexibility index (Phi) is 7.45. The van der Waals surface area contributed by atoms with Crippen LogP contribution in [0, 0.1) is 29.6 Å². The molecule has 4 aromatic rings. The van der Waals surface area contributed by atoms with Gasteiger partial charge in [-0.2, -0.15) is 0 Å². The molecule has 1 aromatic heterocycles. The van der Waals surface area contributed by atoms with Crippen LogP contribution in [-0.4, -0.2) is 46.8 Å². The van der Waals surface area contributed by atoms with Crippen molar-refractivity contribution < 1.29 is 29.0 Å². The van der Waals surface area contributed by atoms with E-state index in [1.807, 2.05) is 24.3 Å². The quantitative estimate of drug-likeness (QED) is 0.165. The summed E-state index contributed by atoms with van der Waals surface area (Å²) >= 11 is 6.26. The van der Waals surface area contributed by atoms with Crippen molar-refractivity contribution in [3.05, 3.63) is 91.3 Å². The van der Waals surface area contributed by atoms with Gasteiger partial charge >= 0.3 is 4.87 Å². The highest BCUT2D eigenvalue weighted by molar-refractivity contribution is 9.10. The molecule has 3 N–H and O–H groups in total. The van der Waals surface area contributed by atoms with Crippen molar-refractivity contribution in [3.8, 4) is 17.2 Å². The number of nitrogens with one attached hydrogen (secondary N) is 2. The van der Waals surface area contributed by atoms with Gasteiger partial charge in [0.2, 0.25) is 11.8 Å². The Hall–Kier alpha value is -4.07. The Morgan fingerprint density at radius 3 is 2.45 bits per heavy atom. The zero-order chi connectivity index (χ0) is 32.6. The number of hydrogen-bond donors (Lipinski definition) is 3. The van der Waals surface area contributed by atoms with Crippen LogP contribution in [0.2, 0.25) is 0 Å². The van der Waals surface area contributed by atoms with E-state index in [4.69, 9.17) is 9.47 Å². The number of halogens is 1. The summed E-state index contributed by atoms with van der Waals surface area (Å²) in [5.41, 5.74) is 2.03. The Morgan fingerprint density at radius 2 is 1.72 bits per heavy atom. The summed E-state index contributed by atoms with van der Waals surface area (Å²) in [5.74, 6) is -0.699. The number of carbonyl (C=O) groups is 3. The summed E-state index contributed by atoms with van der Waals surface area (Å²) < 4.78 is 12.4. The van der Waals surface area contributed by atoms with Crippen molar-refractivity contribution in [2.24, 2.45) is 29.6 Å². The van der Waals surface area contributed by atoms with Gasteiger partial charge in [-0.15, -0.1) is 11.8 Å². The third kappa shape index (κ3) is 4.97. The van der Waals surface area contributed by atoms with Crippen molar-refractivity contribution in [2.45, 2.75) is 22.6 Å². The minimum absolute atomic E-state index is 0.00699. The highest BCUT2D eigenvalue weighted by atomic mass is 79.9. The summed E-state index contributed by atoms with van der Waals surface area (Å²) in [6.07, 6.45) is 0.785. The molecule has 10 nitrogen and oxygen atoms in total. The number of thioether (sulfide) groups is 1. The van der Waals surface area contributed by atoms with Crippen LogP contribution in [0.1, 0.15) is 22.8 Å². The lowest BCUT2D eigenvalue weighted by Gasteiger charge is -2.43. The molecule has 2 aliphatic heterocycles. The number of amides is 3. The van der Waals surface area contributed by atoms with E-state index in [0.29, 0.717) is 22.9 Å². The number of aromatic nitrogens is 1. The first kappa shape index (κ1) is 30.3. The van der Waals surface area contributed by atoms with Gasteiger partial charge in [-0.05, 0) is 90.4 Å². The number of anilines is 2. The molecule has 47 heavy (non-hydrogen) atoms. The Balaban J connectivity index is 1.09. The van der Waals surface area contributed by atoms with Crippen LogP contribution in [0.3, 0.4) is 0 Å². The molecule has 0 radical (unpaired) electrons. The minimum Gasteiger partial charge on any atom is -0.508 e. The zero-order valence-electron chi connectivity index (χ0n) is 24.8. The Morgan fingerprint density at radius 1 is 1.00 bits per heavy atom. The lowest BCUT2D eigenvalue weighted by molar-refractivity contribution is -0.123.